The number of hydrogen-bond donors (Lipinski definition) is 0. The second-order valence-electron chi connectivity index (χ2n) is 3.60. The minimum atomic E-state index is -2.50. The average Bonchev–Trinajstić information content (AvgIpc) is 2.69. The highest BCUT2D eigenvalue weighted by molar-refractivity contribution is 6.06. The third-order valence-corrected chi connectivity index (χ3v) is 2.61. The SMILES string of the molecule is CCOC(=O)C(F)(C(C)=O)[C@@H]1C=CCC1. The van der Waals surface area contributed by atoms with Crippen molar-refractivity contribution in [2.75, 3.05) is 6.61 Å². The summed E-state index contributed by atoms with van der Waals surface area (Å²) in [7, 11) is 0. The third kappa shape index (κ3) is 2.08. The van der Waals surface area contributed by atoms with Crippen molar-refractivity contribution in [3.8, 4) is 0 Å². The molecule has 84 valence electrons. The molecule has 0 aromatic rings. The van der Waals surface area contributed by atoms with Crippen LogP contribution < -0.4 is 0 Å². The Balaban J connectivity index is 2.91. The van der Waals surface area contributed by atoms with E-state index in [0.717, 1.165) is 6.92 Å². The van der Waals surface area contributed by atoms with Crippen molar-refractivity contribution in [3.05, 3.63) is 12.2 Å². The second kappa shape index (κ2) is 4.55. The third-order valence-electron chi connectivity index (χ3n) is 2.61. The Morgan fingerprint density at radius 3 is 2.67 bits per heavy atom. The number of ether oxygens (including phenoxy) is 1. The molecule has 1 aliphatic rings. The molecule has 1 aliphatic carbocycles. The van der Waals surface area contributed by atoms with Gasteiger partial charge >= 0.3 is 5.97 Å². The molecule has 0 bridgehead atoms. The van der Waals surface area contributed by atoms with E-state index in [9.17, 15) is 14.0 Å². The van der Waals surface area contributed by atoms with Crippen LogP contribution in [0.1, 0.15) is 26.7 Å². The molecule has 0 spiro atoms. The maximum atomic E-state index is 14.3. The lowest BCUT2D eigenvalue weighted by atomic mass is 9.85. The zero-order valence-corrected chi connectivity index (χ0v) is 8.96. The Morgan fingerprint density at radius 2 is 2.27 bits per heavy atom. The molecule has 0 saturated heterocycles. The fourth-order valence-electron chi connectivity index (χ4n) is 1.76. The highest BCUT2D eigenvalue weighted by Crippen LogP contribution is 2.34. The van der Waals surface area contributed by atoms with Crippen LogP contribution >= 0.6 is 0 Å². The van der Waals surface area contributed by atoms with Gasteiger partial charge in [-0.2, -0.15) is 0 Å². The van der Waals surface area contributed by atoms with Crippen LogP contribution in [0.3, 0.4) is 0 Å². The number of hydrogen-bond acceptors (Lipinski definition) is 3. The first-order chi connectivity index (χ1) is 7.03. The molecule has 4 heteroatoms. The number of ketones is 1. The summed E-state index contributed by atoms with van der Waals surface area (Å²) in [6.45, 7) is 2.75. The summed E-state index contributed by atoms with van der Waals surface area (Å²) in [5.74, 6) is -2.51. The van der Waals surface area contributed by atoms with Crippen LogP contribution in [-0.4, -0.2) is 24.0 Å². The largest absolute Gasteiger partial charge is 0.463 e. The number of rotatable bonds is 4. The van der Waals surface area contributed by atoms with Crippen LogP contribution in [0.4, 0.5) is 4.39 Å². The number of halogens is 1. The van der Waals surface area contributed by atoms with Crippen molar-refractivity contribution in [2.24, 2.45) is 5.92 Å². The van der Waals surface area contributed by atoms with E-state index in [1.54, 1.807) is 19.1 Å². The maximum absolute atomic E-state index is 14.3. The lowest BCUT2D eigenvalue weighted by Gasteiger charge is -2.25. The van der Waals surface area contributed by atoms with Crippen molar-refractivity contribution >= 4 is 11.8 Å². The Kier molecular flexibility index (Phi) is 3.61. The number of allylic oxidation sites excluding steroid dienone is 2. The molecule has 0 fully saturated rings. The Morgan fingerprint density at radius 1 is 1.60 bits per heavy atom. The molecule has 0 saturated carbocycles. The monoisotopic (exact) mass is 214 g/mol. The number of Topliss-reactive ketones (excluding diaryl/α,β-unsaturated/α-hetero) is 1. The fraction of sp³-hybridized carbons (Fsp3) is 0.636. The van der Waals surface area contributed by atoms with E-state index in [1.165, 1.54) is 0 Å². The molecular weight excluding hydrogens is 199 g/mol. The Bertz CT molecular complexity index is 298. The fourth-order valence-corrected chi connectivity index (χ4v) is 1.76. The van der Waals surface area contributed by atoms with Crippen LogP contribution in [0.5, 0.6) is 0 Å². The van der Waals surface area contributed by atoms with Gasteiger partial charge in [0.1, 0.15) is 0 Å². The highest BCUT2D eigenvalue weighted by Gasteiger charge is 2.51. The molecule has 0 aliphatic heterocycles. The molecule has 1 rings (SSSR count). The van der Waals surface area contributed by atoms with Gasteiger partial charge in [0.15, 0.2) is 5.78 Å². The van der Waals surface area contributed by atoms with Crippen LogP contribution in [0, 0.1) is 5.92 Å². The van der Waals surface area contributed by atoms with Crippen LogP contribution in [-0.2, 0) is 14.3 Å². The van der Waals surface area contributed by atoms with Crippen molar-refractivity contribution in [2.45, 2.75) is 32.4 Å². The number of carbonyl (C=O) groups excluding carboxylic acids is 2. The van der Waals surface area contributed by atoms with E-state index in [4.69, 9.17) is 0 Å². The van der Waals surface area contributed by atoms with Gasteiger partial charge in [0.25, 0.3) is 5.67 Å². The highest BCUT2D eigenvalue weighted by atomic mass is 19.1. The topological polar surface area (TPSA) is 43.4 Å². The average molecular weight is 214 g/mol. The van der Waals surface area contributed by atoms with Gasteiger partial charge in [0.05, 0.1) is 6.61 Å². The minimum absolute atomic E-state index is 0.0776. The van der Waals surface area contributed by atoms with Gasteiger partial charge in [0, 0.05) is 5.92 Å². The molecule has 0 heterocycles. The molecule has 0 radical (unpaired) electrons. The molecule has 0 N–H and O–H groups in total. The van der Waals surface area contributed by atoms with E-state index in [0.29, 0.717) is 12.8 Å². The lowest BCUT2D eigenvalue weighted by molar-refractivity contribution is -0.164. The van der Waals surface area contributed by atoms with Gasteiger partial charge in [-0.3, -0.25) is 4.79 Å². The first-order valence-corrected chi connectivity index (χ1v) is 5.07. The molecular formula is C11H15FO3. The predicted octanol–water partition coefficient (Wildman–Crippen LogP) is 1.81. The maximum Gasteiger partial charge on any atom is 0.352 e. The molecule has 1 unspecified atom stereocenters. The molecule has 15 heavy (non-hydrogen) atoms. The zero-order valence-electron chi connectivity index (χ0n) is 8.96. The van der Waals surface area contributed by atoms with Crippen molar-refractivity contribution in [1.29, 1.82) is 0 Å². The van der Waals surface area contributed by atoms with Gasteiger partial charge in [0.2, 0.25) is 0 Å². The standard InChI is InChI=1S/C11H15FO3/c1-3-15-10(14)11(12,8(2)13)9-6-4-5-7-9/h4,6,9H,3,5,7H2,1-2H3/t9-,11?/m1/s1. The normalized spacial score (nSPS) is 23.5. The summed E-state index contributed by atoms with van der Waals surface area (Å²) in [4.78, 5) is 22.7. The molecule has 0 aromatic carbocycles. The first kappa shape index (κ1) is 11.9. The Hall–Kier alpha value is -1.19. The van der Waals surface area contributed by atoms with Gasteiger partial charge < -0.3 is 4.74 Å². The van der Waals surface area contributed by atoms with Gasteiger partial charge in [-0.25, -0.2) is 9.18 Å². The van der Waals surface area contributed by atoms with E-state index >= 15 is 0 Å². The molecule has 3 nitrogen and oxygen atoms in total. The van der Waals surface area contributed by atoms with Gasteiger partial charge in [-0.1, -0.05) is 12.2 Å². The van der Waals surface area contributed by atoms with E-state index in [1.807, 2.05) is 0 Å². The smallest absolute Gasteiger partial charge is 0.352 e. The van der Waals surface area contributed by atoms with E-state index < -0.39 is 23.3 Å². The summed E-state index contributed by atoms with van der Waals surface area (Å²) >= 11 is 0. The summed E-state index contributed by atoms with van der Waals surface area (Å²) in [6, 6.07) is 0. The Labute approximate surface area is 88.3 Å². The summed E-state index contributed by atoms with van der Waals surface area (Å²) in [5, 5.41) is 0. The second-order valence-corrected chi connectivity index (χ2v) is 3.60. The van der Waals surface area contributed by atoms with E-state index in [2.05, 4.69) is 4.74 Å². The first-order valence-electron chi connectivity index (χ1n) is 5.07. The lowest BCUT2D eigenvalue weighted by Crippen LogP contribution is -2.47. The summed E-state index contributed by atoms with van der Waals surface area (Å²) < 4.78 is 18.9. The predicted molar refractivity (Wildman–Crippen MR) is 53.0 cm³/mol. The summed E-state index contributed by atoms with van der Waals surface area (Å²) in [5.41, 5.74) is -2.50. The van der Waals surface area contributed by atoms with Crippen LogP contribution in [0.25, 0.3) is 0 Å². The van der Waals surface area contributed by atoms with Crippen molar-refractivity contribution in [3.63, 3.8) is 0 Å². The van der Waals surface area contributed by atoms with Crippen LogP contribution in [0.15, 0.2) is 12.2 Å². The molecule has 0 amide bonds. The van der Waals surface area contributed by atoms with E-state index in [-0.39, 0.29) is 6.61 Å². The number of esters is 1. The quantitative estimate of drug-likeness (QED) is 0.407. The minimum Gasteiger partial charge on any atom is -0.463 e. The molecule has 0 aromatic heterocycles. The van der Waals surface area contributed by atoms with Gasteiger partial charge in [-0.15, -0.1) is 0 Å². The zero-order chi connectivity index (χ0) is 11.5. The van der Waals surface area contributed by atoms with Crippen molar-refractivity contribution in [1.82, 2.24) is 0 Å². The number of carbonyl (C=O) groups is 2. The molecule has 2 atom stereocenters. The van der Waals surface area contributed by atoms with Gasteiger partial charge in [-0.05, 0) is 26.7 Å². The van der Waals surface area contributed by atoms with Crippen LogP contribution in [0.2, 0.25) is 0 Å². The van der Waals surface area contributed by atoms with Crippen molar-refractivity contribution < 1.29 is 18.7 Å². The number of alkyl halides is 1. The summed E-state index contributed by atoms with van der Waals surface area (Å²) in [6.07, 6.45) is 4.54.